The molecular formula is C32H35N5O7S. The molecule has 3 N–H and O–H groups in total. The van der Waals surface area contributed by atoms with E-state index in [-0.39, 0.29) is 46.3 Å². The number of anilines is 1. The quantitative estimate of drug-likeness (QED) is 0.135. The Labute approximate surface area is 263 Å². The number of aromatic nitrogens is 3. The predicted octanol–water partition coefficient (Wildman–Crippen LogP) is 6.34. The van der Waals surface area contributed by atoms with Crippen LogP contribution in [0.2, 0.25) is 0 Å². The Kier molecular flexibility index (Phi) is 9.15. The number of ether oxygens (including phenoxy) is 2. The Balaban J connectivity index is 1.40. The van der Waals surface area contributed by atoms with Crippen molar-refractivity contribution >= 4 is 40.2 Å². The number of aryl methyl sites for hydroxylation is 1. The molecule has 0 radical (unpaired) electrons. The number of para-hydroxylation sites is 1. The molecule has 2 aromatic carbocycles. The summed E-state index contributed by atoms with van der Waals surface area (Å²) in [7, 11) is 0. The number of fused-ring (bicyclic) bond motifs is 1. The maximum Gasteiger partial charge on any atom is 0.344 e. The topological polar surface area (TPSA) is 149 Å². The van der Waals surface area contributed by atoms with Gasteiger partial charge in [-0.25, -0.2) is 19.4 Å². The maximum atomic E-state index is 13.5. The number of benzene rings is 2. The number of carboxylic acid groups (broad SMARTS) is 1. The fraction of sp³-hybridized carbons (Fsp3) is 0.375. The molecule has 0 bridgehead atoms. The molecule has 1 aliphatic rings. The molecule has 13 heteroatoms. The molecule has 12 nitrogen and oxygen atoms in total. The standard InChI is InChI=1S/C32H35N5O7S/c1-17-11-12-25(42-21(5)31(38)39)26(15-17)44-45(41)36-23-10-8-7-9-22(23)29-34-30-27(24(33-6)16-37(30)35-29)32(40)43-28-19(3)13-18(2)14-20(28)4/h7-12,15-16,18-21,28,36H,13-14H2,1-5H3,(H,34,35)(H,38,39). The van der Waals surface area contributed by atoms with Gasteiger partial charge in [-0.1, -0.05) is 39.0 Å². The number of hydrogen-bond donors (Lipinski definition) is 3. The Morgan fingerprint density at radius 2 is 1.87 bits per heavy atom. The summed E-state index contributed by atoms with van der Waals surface area (Å²) < 4.78 is 34.6. The summed E-state index contributed by atoms with van der Waals surface area (Å²) >= 11 is -2.13. The number of rotatable bonds is 10. The summed E-state index contributed by atoms with van der Waals surface area (Å²) in [5.41, 5.74) is 2.17. The Morgan fingerprint density at radius 3 is 2.56 bits per heavy atom. The van der Waals surface area contributed by atoms with Crippen LogP contribution in [0.1, 0.15) is 56.5 Å². The fourth-order valence-corrected chi connectivity index (χ4v) is 6.62. The van der Waals surface area contributed by atoms with Gasteiger partial charge in [0.2, 0.25) is 5.69 Å². The first-order valence-electron chi connectivity index (χ1n) is 14.6. The van der Waals surface area contributed by atoms with Gasteiger partial charge in [-0.05, 0) is 74.3 Å². The van der Waals surface area contributed by atoms with E-state index in [4.69, 9.17) is 20.2 Å². The number of aliphatic carboxylic acids is 1. The van der Waals surface area contributed by atoms with Gasteiger partial charge in [0.15, 0.2) is 29.1 Å². The molecule has 5 rings (SSSR count). The second-order valence-corrected chi connectivity index (χ2v) is 12.5. The summed E-state index contributed by atoms with van der Waals surface area (Å²) in [4.78, 5) is 33.0. The molecule has 4 aromatic rings. The monoisotopic (exact) mass is 633 g/mol. The second-order valence-electron chi connectivity index (χ2n) is 11.7. The minimum absolute atomic E-state index is 0.0884. The van der Waals surface area contributed by atoms with Crippen LogP contribution in [0.4, 0.5) is 11.4 Å². The Hall–Kier alpha value is -4.83. The molecule has 4 unspecified atom stereocenters. The first-order valence-corrected chi connectivity index (χ1v) is 15.7. The minimum Gasteiger partial charge on any atom is -0.479 e. The van der Waals surface area contributed by atoms with Crippen LogP contribution in [0.5, 0.6) is 11.5 Å². The molecule has 0 amide bonds. The highest BCUT2D eigenvalue weighted by molar-refractivity contribution is 7.82. The van der Waals surface area contributed by atoms with E-state index >= 15 is 0 Å². The number of carboxylic acids is 1. The van der Waals surface area contributed by atoms with Crippen LogP contribution in [0.3, 0.4) is 0 Å². The lowest BCUT2D eigenvalue weighted by Crippen LogP contribution is -2.37. The largest absolute Gasteiger partial charge is 0.479 e. The van der Waals surface area contributed by atoms with Crippen molar-refractivity contribution in [2.45, 2.75) is 59.7 Å². The molecule has 45 heavy (non-hydrogen) atoms. The van der Waals surface area contributed by atoms with Crippen molar-refractivity contribution < 1.29 is 32.6 Å². The fourth-order valence-electron chi connectivity index (χ4n) is 5.92. The zero-order valence-corrected chi connectivity index (χ0v) is 26.4. The molecule has 0 aliphatic heterocycles. The second kappa shape index (κ2) is 13.0. The van der Waals surface area contributed by atoms with Crippen molar-refractivity contribution in [3.63, 3.8) is 0 Å². The van der Waals surface area contributed by atoms with Crippen molar-refractivity contribution in [3.05, 3.63) is 71.2 Å². The highest BCUT2D eigenvalue weighted by Gasteiger charge is 2.35. The van der Waals surface area contributed by atoms with Crippen molar-refractivity contribution in [1.29, 1.82) is 0 Å². The normalized spacial score (nSPS) is 21.0. The predicted molar refractivity (Wildman–Crippen MR) is 168 cm³/mol. The first-order chi connectivity index (χ1) is 21.4. The zero-order valence-electron chi connectivity index (χ0n) is 25.6. The van der Waals surface area contributed by atoms with Crippen LogP contribution in [0.25, 0.3) is 21.9 Å². The SMILES string of the molecule is [C-]#[N+]c1cn2[nH]c(-c3ccccc3NS(=O)Oc3cc(C)ccc3OC(C)C(=O)O)nc2c1C(=O)OC1C(C)CC(C)CC1C. The number of nitrogens with zero attached hydrogens (tertiary/aromatic N) is 3. The number of esters is 1. The third-order valence-corrected chi connectivity index (χ3v) is 8.65. The third kappa shape index (κ3) is 6.81. The van der Waals surface area contributed by atoms with Gasteiger partial charge in [0.05, 0.1) is 12.3 Å². The average molecular weight is 634 g/mol. The van der Waals surface area contributed by atoms with E-state index < -0.39 is 29.3 Å². The molecule has 0 spiro atoms. The van der Waals surface area contributed by atoms with E-state index in [0.29, 0.717) is 23.0 Å². The summed E-state index contributed by atoms with van der Waals surface area (Å²) in [6.45, 7) is 17.2. The number of hydrogen-bond acceptors (Lipinski definition) is 7. The van der Waals surface area contributed by atoms with Gasteiger partial charge in [-0.3, -0.25) is 14.3 Å². The van der Waals surface area contributed by atoms with Crippen molar-refractivity contribution in [2.24, 2.45) is 17.8 Å². The van der Waals surface area contributed by atoms with Crippen LogP contribution >= 0.6 is 0 Å². The molecular weight excluding hydrogens is 598 g/mol. The smallest absolute Gasteiger partial charge is 0.344 e. The zero-order chi connectivity index (χ0) is 32.4. The van der Waals surface area contributed by atoms with Crippen molar-refractivity contribution in [1.82, 2.24) is 14.6 Å². The van der Waals surface area contributed by atoms with Gasteiger partial charge in [-0.2, -0.15) is 4.21 Å². The molecule has 1 saturated carbocycles. The van der Waals surface area contributed by atoms with Gasteiger partial charge in [0.1, 0.15) is 11.7 Å². The van der Waals surface area contributed by atoms with Gasteiger partial charge < -0.3 is 18.8 Å². The molecule has 2 heterocycles. The first kappa shape index (κ1) is 31.6. The van der Waals surface area contributed by atoms with E-state index in [1.807, 2.05) is 6.92 Å². The Bertz CT molecular complexity index is 1800. The molecule has 236 valence electrons. The number of carbonyl (C=O) groups is 2. The van der Waals surface area contributed by atoms with Gasteiger partial charge in [0.25, 0.3) is 0 Å². The van der Waals surface area contributed by atoms with Crippen LogP contribution in [0, 0.1) is 31.2 Å². The molecule has 4 atom stereocenters. The van der Waals surface area contributed by atoms with Crippen LogP contribution in [-0.2, 0) is 20.8 Å². The highest BCUT2D eigenvalue weighted by Crippen LogP contribution is 2.37. The molecule has 1 aliphatic carbocycles. The van der Waals surface area contributed by atoms with Gasteiger partial charge in [0, 0.05) is 11.8 Å². The summed E-state index contributed by atoms with van der Waals surface area (Å²) in [6.07, 6.45) is 2.02. The number of nitrogens with one attached hydrogen (secondary N) is 2. The van der Waals surface area contributed by atoms with Gasteiger partial charge >= 0.3 is 23.2 Å². The number of carbonyl (C=O) groups excluding carboxylic acids is 1. The Morgan fingerprint density at radius 1 is 1.16 bits per heavy atom. The van der Waals surface area contributed by atoms with Crippen LogP contribution in [-0.4, -0.2) is 48.1 Å². The lowest BCUT2D eigenvalue weighted by atomic mass is 9.75. The number of H-pyrrole nitrogens is 1. The van der Waals surface area contributed by atoms with E-state index in [1.165, 1.54) is 17.6 Å². The molecule has 2 aromatic heterocycles. The van der Waals surface area contributed by atoms with E-state index in [0.717, 1.165) is 18.4 Å². The number of aromatic amines is 1. The maximum absolute atomic E-state index is 13.5. The van der Waals surface area contributed by atoms with Crippen LogP contribution in [0.15, 0.2) is 48.7 Å². The molecule has 0 saturated heterocycles. The lowest BCUT2D eigenvalue weighted by molar-refractivity contribution is -0.144. The highest BCUT2D eigenvalue weighted by atomic mass is 32.2. The minimum atomic E-state index is -2.13. The van der Waals surface area contributed by atoms with E-state index in [1.54, 1.807) is 42.5 Å². The average Bonchev–Trinajstić information content (AvgIpc) is 3.54. The van der Waals surface area contributed by atoms with Crippen LogP contribution < -0.4 is 13.6 Å². The lowest BCUT2D eigenvalue weighted by Gasteiger charge is -2.37. The van der Waals surface area contributed by atoms with E-state index in [9.17, 15) is 18.9 Å². The van der Waals surface area contributed by atoms with Crippen molar-refractivity contribution in [2.75, 3.05) is 4.72 Å². The van der Waals surface area contributed by atoms with Gasteiger partial charge in [-0.15, -0.1) is 0 Å². The van der Waals surface area contributed by atoms with Crippen molar-refractivity contribution in [3.8, 4) is 22.9 Å². The summed E-state index contributed by atoms with van der Waals surface area (Å²) in [5, 5.41) is 12.3. The summed E-state index contributed by atoms with van der Waals surface area (Å²) in [5.74, 6) is -0.223. The van der Waals surface area contributed by atoms with E-state index in [2.05, 4.69) is 40.4 Å². The summed E-state index contributed by atoms with van der Waals surface area (Å²) in [6, 6.07) is 11.8. The third-order valence-electron chi connectivity index (χ3n) is 7.93. The molecule has 1 fully saturated rings.